The molecule has 0 spiro atoms. The molecule has 0 heterocycles. The van der Waals surface area contributed by atoms with Crippen molar-refractivity contribution in [1.29, 1.82) is 0 Å². The molecule has 0 bridgehead atoms. The minimum atomic E-state index is -0.958. The molecule has 6 nitrogen and oxygen atoms in total. The molecule has 0 saturated carbocycles. The Balaban J connectivity index is 1.73. The van der Waals surface area contributed by atoms with Crippen LogP contribution in [0, 0.1) is 17.6 Å². The van der Waals surface area contributed by atoms with Crippen molar-refractivity contribution in [3.05, 3.63) is 65.2 Å². The molecule has 2 rings (SSSR count). The van der Waals surface area contributed by atoms with Crippen LogP contribution in [-0.2, 0) is 16.1 Å². The molecule has 3 N–H and O–H groups in total. The summed E-state index contributed by atoms with van der Waals surface area (Å²) in [7, 11) is 0. The van der Waals surface area contributed by atoms with E-state index in [0.717, 1.165) is 17.7 Å². The van der Waals surface area contributed by atoms with E-state index >= 15 is 0 Å². The van der Waals surface area contributed by atoms with E-state index in [-0.39, 0.29) is 42.8 Å². The second kappa shape index (κ2) is 10.3. The zero-order valence-electron chi connectivity index (χ0n) is 16.2. The second-order valence-corrected chi connectivity index (χ2v) is 6.75. The SMILES string of the molecule is CC(C)C(=O)Nc1ccc(CNC(=O)CCNC(=O)c2ccc(F)cc2F)cc1. The van der Waals surface area contributed by atoms with Crippen molar-refractivity contribution >= 4 is 23.4 Å². The van der Waals surface area contributed by atoms with Gasteiger partial charge in [0.1, 0.15) is 11.6 Å². The summed E-state index contributed by atoms with van der Waals surface area (Å²) in [5.41, 5.74) is 1.24. The summed E-state index contributed by atoms with van der Waals surface area (Å²) in [6.07, 6.45) is 0.0110. The molecular formula is C21H23F2N3O3. The van der Waals surface area contributed by atoms with Gasteiger partial charge in [-0.3, -0.25) is 14.4 Å². The quantitative estimate of drug-likeness (QED) is 0.633. The molecule has 0 fully saturated rings. The Morgan fingerprint density at radius 2 is 1.66 bits per heavy atom. The van der Waals surface area contributed by atoms with Crippen LogP contribution in [0.1, 0.15) is 36.2 Å². The fourth-order valence-corrected chi connectivity index (χ4v) is 2.34. The van der Waals surface area contributed by atoms with Crippen LogP contribution in [0.2, 0.25) is 0 Å². The molecule has 0 radical (unpaired) electrons. The highest BCUT2D eigenvalue weighted by atomic mass is 19.1. The van der Waals surface area contributed by atoms with Gasteiger partial charge in [-0.25, -0.2) is 8.78 Å². The molecular weight excluding hydrogens is 380 g/mol. The van der Waals surface area contributed by atoms with Gasteiger partial charge in [0.15, 0.2) is 0 Å². The number of rotatable bonds is 8. The van der Waals surface area contributed by atoms with Crippen LogP contribution in [0.4, 0.5) is 14.5 Å². The normalized spacial score (nSPS) is 10.5. The highest BCUT2D eigenvalue weighted by molar-refractivity contribution is 5.94. The van der Waals surface area contributed by atoms with Crippen LogP contribution in [0.25, 0.3) is 0 Å². The van der Waals surface area contributed by atoms with Gasteiger partial charge in [0.2, 0.25) is 11.8 Å². The lowest BCUT2D eigenvalue weighted by atomic mass is 10.1. The molecule has 2 aromatic carbocycles. The van der Waals surface area contributed by atoms with E-state index in [2.05, 4.69) is 16.0 Å². The van der Waals surface area contributed by atoms with Crippen molar-refractivity contribution in [2.45, 2.75) is 26.8 Å². The maximum Gasteiger partial charge on any atom is 0.254 e. The van der Waals surface area contributed by atoms with Gasteiger partial charge in [-0.1, -0.05) is 26.0 Å². The Morgan fingerprint density at radius 3 is 2.28 bits per heavy atom. The predicted molar refractivity (Wildman–Crippen MR) is 105 cm³/mol. The van der Waals surface area contributed by atoms with E-state index in [1.54, 1.807) is 38.1 Å². The summed E-state index contributed by atoms with van der Waals surface area (Å²) in [5, 5.41) is 7.91. The molecule has 0 unspecified atom stereocenters. The maximum atomic E-state index is 13.5. The molecule has 0 aliphatic heterocycles. The molecule has 3 amide bonds. The molecule has 0 saturated heterocycles. The third kappa shape index (κ3) is 6.99. The number of nitrogens with one attached hydrogen (secondary N) is 3. The summed E-state index contributed by atoms with van der Waals surface area (Å²) in [6.45, 7) is 3.91. The van der Waals surface area contributed by atoms with Crippen molar-refractivity contribution < 1.29 is 23.2 Å². The molecule has 0 aliphatic rings. The fourth-order valence-electron chi connectivity index (χ4n) is 2.34. The third-order valence-electron chi connectivity index (χ3n) is 4.05. The number of amides is 3. The highest BCUT2D eigenvalue weighted by Crippen LogP contribution is 2.11. The summed E-state index contributed by atoms with van der Waals surface area (Å²) in [5.74, 6) is -2.92. The van der Waals surface area contributed by atoms with Gasteiger partial charge >= 0.3 is 0 Å². The van der Waals surface area contributed by atoms with Crippen molar-refractivity contribution in [2.24, 2.45) is 5.92 Å². The topological polar surface area (TPSA) is 87.3 Å². The smallest absolute Gasteiger partial charge is 0.254 e. The number of carbonyl (C=O) groups excluding carboxylic acids is 3. The summed E-state index contributed by atoms with van der Waals surface area (Å²) in [4.78, 5) is 35.4. The van der Waals surface area contributed by atoms with Gasteiger partial charge in [0.05, 0.1) is 5.56 Å². The number of carbonyl (C=O) groups is 3. The standard InChI is InChI=1S/C21H23F2N3O3/c1-13(2)20(28)26-16-6-3-14(4-7-16)12-25-19(27)9-10-24-21(29)17-8-5-15(22)11-18(17)23/h3-8,11,13H,9-10,12H2,1-2H3,(H,24,29)(H,25,27)(H,26,28). The zero-order valence-corrected chi connectivity index (χ0v) is 16.2. The van der Waals surface area contributed by atoms with Crippen molar-refractivity contribution in [1.82, 2.24) is 10.6 Å². The number of halogens is 2. The first kappa shape index (κ1) is 22.0. The maximum absolute atomic E-state index is 13.5. The van der Waals surface area contributed by atoms with E-state index in [4.69, 9.17) is 0 Å². The van der Waals surface area contributed by atoms with Gasteiger partial charge in [0, 0.05) is 37.2 Å². The number of benzene rings is 2. The Morgan fingerprint density at radius 1 is 0.966 bits per heavy atom. The lowest BCUT2D eigenvalue weighted by Crippen LogP contribution is -2.31. The average Bonchev–Trinajstić information content (AvgIpc) is 2.67. The molecule has 0 aliphatic carbocycles. The average molecular weight is 403 g/mol. The van der Waals surface area contributed by atoms with E-state index in [9.17, 15) is 23.2 Å². The number of hydrogen-bond donors (Lipinski definition) is 3. The first-order valence-electron chi connectivity index (χ1n) is 9.16. The monoisotopic (exact) mass is 403 g/mol. The van der Waals surface area contributed by atoms with E-state index in [1.165, 1.54) is 0 Å². The van der Waals surface area contributed by atoms with Gasteiger partial charge < -0.3 is 16.0 Å². The highest BCUT2D eigenvalue weighted by Gasteiger charge is 2.12. The fraction of sp³-hybridized carbons (Fsp3) is 0.286. The van der Waals surface area contributed by atoms with Gasteiger partial charge in [-0.2, -0.15) is 0 Å². The Kier molecular flexibility index (Phi) is 7.82. The van der Waals surface area contributed by atoms with Gasteiger partial charge in [-0.05, 0) is 29.8 Å². The van der Waals surface area contributed by atoms with Gasteiger partial charge in [0.25, 0.3) is 5.91 Å². The van der Waals surface area contributed by atoms with Crippen molar-refractivity contribution in [3.63, 3.8) is 0 Å². The minimum Gasteiger partial charge on any atom is -0.352 e. The summed E-state index contributed by atoms with van der Waals surface area (Å²) < 4.78 is 26.4. The minimum absolute atomic E-state index is 0.0110. The third-order valence-corrected chi connectivity index (χ3v) is 4.05. The molecule has 0 atom stereocenters. The van der Waals surface area contributed by atoms with Crippen LogP contribution >= 0.6 is 0 Å². The van der Waals surface area contributed by atoms with Crippen molar-refractivity contribution in [2.75, 3.05) is 11.9 Å². The van der Waals surface area contributed by atoms with E-state index in [0.29, 0.717) is 11.8 Å². The van der Waals surface area contributed by atoms with Crippen LogP contribution in [0.3, 0.4) is 0 Å². The van der Waals surface area contributed by atoms with Crippen LogP contribution in [-0.4, -0.2) is 24.3 Å². The lowest BCUT2D eigenvalue weighted by Gasteiger charge is -2.10. The largest absolute Gasteiger partial charge is 0.352 e. The Labute approximate surface area is 167 Å². The first-order chi connectivity index (χ1) is 13.8. The Hall–Kier alpha value is -3.29. The Bertz CT molecular complexity index is 883. The summed E-state index contributed by atoms with van der Waals surface area (Å²) >= 11 is 0. The van der Waals surface area contributed by atoms with Gasteiger partial charge in [-0.15, -0.1) is 0 Å². The number of hydrogen-bond acceptors (Lipinski definition) is 3. The van der Waals surface area contributed by atoms with E-state index in [1.807, 2.05) is 0 Å². The van der Waals surface area contributed by atoms with Crippen LogP contribution in [0.15, 0.2) is 42.5 Å². The van der Waals surface area contributed by atoms with Crippen LogP contribution in [0.5, 0.6) is 0 Å². The first-order valence-corrected chi connectivity index (χ1v) is 9.16. The van der Waals surface area contributed by atoms with Crippen LogP contribution < -0.4 is 16.0 Å². The molecule has 2 aromatic rings. The van der Waals surface area contributed by atoms with E-state index < -0.39 is 17.5 Å². The predicted octanol–water partition coefficient (Wildman–Crippen LogP) is 3.00. The molecule has 8 heteroatoms. The zero-order chi connectivity index (χ0) is 21.4. The molecule has 154 valence electrons. The molecule has 0 aromatic heterocycles. The van der Waals surface area contributed by atoms with Crippen molar-refractivity contribution in [3.8, 4) is 0 Å². The second-order valence-electron chi connectivity index (χ2n) is 6.75. The molecule has 29 heavy (non-hydrogen) atoms. The lowest BCUT2D eigenvalue weighted by molar-refractivity contribution is -0.121. The summed E-state index contributed by atoms with van der Waals surface area (Å²) in [6, 6.07) is 9.74. The number of anilines is 1.